The van der Waals surface area contributed by atoms with E-state index < -0.39 is 0 Å². The van der Waals surface area contributed by atoms with Crippen molar-refractivity contribution in [3.8, 4) is 0 Å². The maximum absolute atomic E-state index is 4.60. The number of hydrogen-bond acceptors (Lipinski definition) is 3. The highest BCUT2D eigenvalue weighted by molar-refractivity contribution is 8.12. The lowest BCUT2D eigenvalue weighted by Gasteiger charge is -2.22. The number of thiazole rings is 1. The Labute approximate surface area is 156 Å². The van der Waals surface area contributed by atoms with Crippen LogP contribution in [0.2, 0.25) is 0 Å². The minimum Gasteiger partial charge on any atom is -0.329 e. The molecule has 3 aromatic rings. The Hall–Kier alpha value is -1.43. The van der Waals surface area contributed by atoms with Crippen LogP contribution in [0.3, 0.4) is 0 Å². The molecule has 0 spiro atoms. The van der Waals surface area contributed by atoms with Gasteiger partial charge in [0, 0.05) is 36.6 Å². The van der Waals surface area contributed by atoms with E-state index in [-0.39, 0.29) is 10.7 Å². The van der Waals surface area contributed by atoms with Crippen molar-refractivity contribution in [3.05, 3.63) is 46.6 Å². The summed E-state index contributed by atoms with van der Waals surface area (Å²) in [5.41, 5.74) is 7.33. The van der Waals surface area contributed by atoms with Crippen LogP contribution in [0.25, 0.3) is 10.3 Å². The molecule has 1 aliphatic rings. The number of hydrogen-bond donors (Lipinski definition) is 0. The molecular formula is C20H25N3S2. The molecular weight excluding hydrogens is 346 g/mol. The van der Waals surface area contributed by atoms with Gasteiger partial charge < -0.3 is 4.57 Å². The van der Waals surface area contributed by atoms with E-state index >= 15 is 0 Å². The molecule has 5 heteroatoms. The number of fused-ring (bicyclic) bond motifs is 1. The molecule has 2 aromatic heterocycles. The van der Waals surface area contributed by atoms with Crippen molar-refractivity contribution in [1.29, 1.82) is 0 Å². The van der Waals surface area contributed by atoms with Gasteiger partial charge in [-0.25, -0.2) is 4.98 Å². The fourth-order valence-corrected chi connectivity index (χ4v) is 6.38. The fraction of sp³-hybridized carbons (Fsp3) is 0.400. The topological polar surface area (TPSA) is 21.1 Å². The summed E-state index contributed by atoms with van der Waals surface area (Å²) in [7, 11) is -0.0554. The van der Waals surface area contributed by atoms with Gasteiger partial charge in [-0.05, 0) is 43.9 Å². The molecule has 3 heterocycles. The average molecular weight is 372 g/mol. The predicted octanol–water partition coefficient (Wildman–Crippen LogP) is 5.09. The van der Waals surface area contributed by atoms with Crippen LogP contribution in [0, 0.1) is 6.92 Å². The molecule has 0 saturated carbocycles. The van der Waals surface area contributed by atoms with Crippen LogP contribution in [-0.4, -0.2) is 32.8 Å². The first-order chi connectivity index (χ1) is 12.2. The lowest BCUT2D eigenvalue weighted by Crippen LogP contribution is -2.12. The second-order valence-corrected chi connectivity index (χ2v) is 9.14. The zero-order chi connectivity index (χ0) is 17.4. The first-order valence-electron chi connectivity index (χ1n) is 8.98. The summed E-state index contributed by atoms with van der Waals surface area (Å²) < 4.78 is 6.23. The molecule has 1 aliphatic heterocycles. The van der Waals surface area contributed by atoms with Gasteiger partial charge in [-0.15, -0.1) is 11.3 Å². The number of benzene rings is 1. The molecule has 4 rings (SSSR count). The molecule has 1 fully saturated rings. The smallest absolute Gasteiger partial charge is 0.151 e. The Kier molecular flexibility index (Phi) is 4.80. The molecule has 0 N–H and O–H groups in total. The maximum atomic E-state index is 4.60. The molecule has 132 valence electrons. The van der Waals surface area contributed by atoms with E-state index in [1.165, 1.54) is 52.3 Å². The van der Waals surface area contributed by atoms with Gasteiger partial charge in [0.2, 0.25) is 0 Å². The van der Waals surface area contributed by atoms with Gasteiger partial charge in [0.05, 0.1) is 10.2 Å². The number of aryl methyl sites for hydroxylation is 1. The summed E-state index contributed by atoms with van der Waals surface area (Å²) in [5.74, 6) is 4.53. The second kappa shape index (κ2) is 7.06. The van der Waals surface area contributed by atoms with Crippen LogP contribution in [0.15, 0.2) is 34.7 Å². The third-order valence-corrected chi connectivity index (χ3v) is 7.98. The van der Waals surface area contributed by atoms with Crippen molar-refractivity contribution in [2.24, 2.45) is 0 Å². The quantitative estimate of drug-likeness (QED) is 0.583. The first kappa shape index (κ1) is 17.0. The Morgan fingerprint density at radius 2 is 2.00 bits per heavy atom. The van der Waals surface area contributed by atoms with Gasteiger partial charge in [0.1, 0.15) is 0 Å². The van der Waals surface area contributed by atoms with Crippen molar-refractivity contribution in [2.75, 3.05) is 13.1 Å². The van der Waals surface area contributed by atoms with E-state index in [0.29, 0.717) is 0 Å². The summed E-state index contributed by atoms with van der Waals surface area (Å²) >= 11 is 1.77. The standard InChI is InChI=1S/C20H25N3S2/c1-4-23-15(2)17(19-20(23)21-14-24-19)13-16-9-5-6-10-18(16)25(3)22-11-7-8-12-22/h5-6,9-10,14H,3-4,7-8,11-13H2,1-2H3. The summed E-state index contributed by atoms with van der Waals surface area (Å²) in [6.07, 6.45) is 3.59. The molecule has 1 atom stereocenters. The summed E-state index contributed by atoms with van der Waals surface area (Å²) in [5, 5.41) is 0. The summed E-state index contributed by atoms with van der Waals surface area (Å²) in [6, 6.07) is 8.88. The molecule has 1 saturated heterocycles. The molecule has 1 unspecified atom stereocenters. The van der Waals surface area contributed by atoms with Crippen molar-refractivity contribution in [2.45, 2.75) is 44.6 Å². The van der Waals surface area contributed by atoms with Gasteiger partial charge >= 0.3 is 0 Å². The third-order valence-electron chi connectivity index (χ3n) is 5.21. The maximum Gasteiger partial charge on any atom is 0.151 e. The van der Waals surface area contributed by atoms with Gasteiger partial charge in [0.15, 0.2) is 5.65 Å². The van der Waals surface area contributed by atoms with E-state index in [9.17, 15) is 0 Å². The van der Waals surface area contributed by atoms with Gasteiger partial charge in [-0.2, -0.15) is 0 Å². The Morgan fingerprint density at radius 1 is 1.24 bits per heavy atom. The molecule has 0 bridgehead atoms. The zero-order valence-corrected chi connectivity index (χ0v) is 16.6. The molecule has 0 aliphatic carbocycles. The molecule has 0 radical (unpaired) electrons. The van der Waals surface area contributed by atoms with Crippen molar-refractivity contribution >= 4 is 38.2 Å². The largest absolute Gasteiger partial charge is 0.329 e. The minimum atomic E-state index is -0.0554. The van der Waals surface area contributed by atoms with Crippen LogP contribution in [-0.2, 0) is 13.0 Å². The van der Waals surface area contributed by atoms with E-state index in [4.69, 9.17) is 0 Å². The normalized spacial score (nSPS) is 16.7. The van der Waals surface area contributed by atoms with E-state index in [2.05, 4.69) is 57.8 Å². The van der Waals surface area contributed by atoms with Crippen LogP contribution in [0.5, 0.6) is 0 Å². The van der Waals surface area contributed by atoms with Gasteiger partial charge in [-0.1, -0.05) is 34.7 Å². The Morgan fingerprint density at radius 3 is 2.76 bits per heavy atom. The van der Waals surface area contributed by atoms with E-state index in [0.717, 1.165) is 18.6 Å². The molecule has 0 amide bonds. The van der Waals surface area contributed by atoms with E-state index in [1.807, 2.05) is 5.51 Å². The monoisotopic (exact) mass is 371 g/mol. The summed E-state index contributed by atoms with van der Waals surface area (Å²) in [6.45, 7) is 7.78. The highest BCUT2D eigenvalue weighted by Gasteiger charge is 2.20. The lowest BCUT2D eigenvalue weighted by molar-refractivity contribution is 0.584. The SMILES string of the molecule is C=S(c1ccccc1Cc1c(C)n(CC)c2ncsc12)N1CCCC1. The van der Waals surface area contributed by atoms with Crippen molar-refractivity contribution < 1.29 is 0 Å². The molecule has 1 aromatic carbocycles. The summed E-state index contributed by atoms with van der Waals surface area (Å²) in [4.78, 5) is 6.00. The fourth-order valence-electron chi connectivity index (χ4n) is 3.84. The first-order valence-corrected chi connectivity index (χ1v) is 11.2. The lowest BCUT2D eigenvalue weighted by atomic mass is 10.1. The highest BCUT2D eigenvalue weighted by atomic mass is 32.2. The number of rotatable bonds is 5. The molecule has 3 nitrogen and oxygen atoms in total. The Balaban J connectivity index is 1.74. The van der Waals surface area contributed by atoms with Crippen LogP contribution in [0.1, 0.15) is 36.6 Å². The number of aromatic nitrogens is 2. The van der Waals surface area contributed by atoms with Crippen LogP contribution in [0.4, 0.5) is 0 Å². The van der Waals surface area contributed by atoms with Crippen molar-refractivity contribution in [1.82, 2.24) is 13.9 Å². The zero-order valence-electron chi connectivity index (χ0n) is 15.0. The van der Waals surface area contributed by atoms with Crippen molar-refractivity contribution in [3.63, 3.8) is 0 Å². The third kappa shape index (κ3) is 2.98. The average Bonchev–Trinajstić information content (AvgIpc) is 3.35. The van der Waals surface area contributed by atoms with Gasteiger partial charge in [0.25, 0.3) is 0 Å². The van der Waals surface area contributed by atoms with Gasteiger partial charge in [-0.3, -0.25) is 4.31 Å². The van der Waals surface area contributed by atoms with Crippen LogP contribution >= 0.6 is 22.0 Å². The highest BCUT2D eigenvalue weighted by Crippen LogP contribution is 2.37. The molecule has 25 heavy (non-hydrogen) atoms. The van der Waals surface area contributed by atoms with Crippen LogP contribution < -0.4 is 0 Å². The minimum absolute atomic E-state index is 0.0554. The second-order valence-electron chi connectivity index (χ2n) is 6.60. The Bertz CT molecular complexity index is 916. The van der Waals surface area contributed by atoms with E-state index in [1.54, 1.807) is 11.3 Å². The predicted molar refractivity (Wildman–Crippen MR) is 111 cm³/mol. The number of nitrogens with zero attached hydrogens (tertiary/aromatic N) is 3.